The van der Waals surface area contributed by atoms with Crippen molar-refractivity contribution in [2.45, 2.75) is 25.8 Å². The van der Waals surface area contributed by atoms with Crippen LogP contribution in [0.25, 0.3) is 11.4 Å². The normalized spacial score (nSPS) is 16.3. The molecule has 1 aliphatic rings. The van der Waals surface area contributed by atoms with Crippen molar-refractivity contribution in [3.05, 3.63) is 28.8 Å². The van der Waals surface area contributed by atoms with Crippen LogP contribution in [0.1, 0.15) is 24.1 Å². The van der Waals surface area contributed by atoms with Crippen molar-refractivity contribution in [3.8, 4) is 23.7 Å². The zero-order valence-electron chi connectivity index (χ0n) is 13.9. The molecule has 1 atom stereocenters. The Hall–Kier alpha value is -2.97. The second kappa shape index (κ2) is 6.88. The van der Waals surface area contributed by atoms with Crippen molar-refractivity contribution in [2.75, 3.05) is 18.5 Å². The SMILES string of the molecule is Cc1ccc(-c2csc(N(C)C(=O)[C@@H]3CCCN3C#N)n2)nc1C#N. The lowest BCUT2D eigenvalue weighted by atomic mass is 10.2. The van der Waals surface area contributed by atoms with E-state index in [0.717, 1.165) is 12.0 Å². The monoisotopic (exact) mass is 352 g/mol. The zero-order chi connectivity index (χ0) is 18.0. The van der Waals surface area contributed by atoms with Gasteiger partial charge in [-0.3, -0.25) is 14.6 Å². The summed E-state index contributed by atoms with van der Waals surface area (Å²) in [5.74, 6) is -0.130. The van der Waals surface area contributed by atoms with E-state index in [1.54, 1.807) is 7.05 Å². The van der Waals surface area contributed by atoms with Crippen LogP contribution in [0.5, 0.6) is 0 Å². The van der Waals surface area contributed by atoms with Crippen LogP contribution < -0.4 is 4.90 Å². The number of hydrogen-bond acceptors (Lipinski definition) is 7. The fraction of sp³-hybridized carbons (Fsp3) is 0.353. The van der Waals surface area contributed by atoms with Gasteiger partial charge >= 0.3 is 0 Å². The van der Waals surface area contributed by atoms with Gasteiger partial charge in [0, 0.05) is 19.0 Å². The summed E-state index contributed by atoms with van der Waals surface area (Å²) >= 11 is 1.34. The van der Waals surface area contributed by atoms with Gasteiger partial charge in [0.25, 0.3) is 5.91 Å². The van der Waals surface area contributed by atoms with Crippen molar-refractivity contribution in [3.63, 3.8) is 0 Å². The number of aryl methyl sites for hydroxylation is 1. The molecule has 0 N–H and O–H groups in total. The van der Waals surface area contributed by atoms with Crippen LogP contribution >= 0.6 is 11.3 Å². The second-order valence-corrected chi connectivity index (χ2v) is 6.67. The first-order chi connectivity index (χ1) is 12.0. The average molecular weight is 352 g/mol. The van der Waals surface area contributed by atoms with Crippen LogP contribution in [-0.4, -0.2) is 40.4 Å². The summed E-state index contributed by atoms with van der Waals surface area (Å²) in [6.45, 7) is 2.45. The molecule has 7 nitrogen and oxygen atoms in total. The third-order valence-corrected chi connectivity index (χ3v) is 5.16. The summed E-state index contributed by atoms with van der Waals surface area (Å²) in [7, 11) is 1.67. The van der Waals surface area contributed by atoms with E-state index in [0.29, 0.717) is 35.2 Å². The molecule has 25 heavy (non-hydrogen) atoms. The summed E-state index contributed by atoms with van der Waals surface area (Å²) in [6, 6.07) is 5.30. The molecule has 2 aromatic rings. The number of carbonyl (C=O) groups is 1. The lowest BCUT2D eigenvalue weighted by molar-refractivity contribution is -0.121. The molecule has 1 fully saturated rings. The van der Waals surface area contributed by atoms with Crippen molar-refractivity contribution >= 4 is 22.4 Å². The molecule has 126 valence electrons. The van der Waals surface area contributed by atoms with Gasteiger partial charge in [-0.15, -0.1) is 11.3 Å². The minimum Gasteiger partial charge on any atom is -0.298 e. The molecule has 0 saturated carbocycles. The molecule has 0 radical (unpaired) electrons. The van der Waals surface area contributed by atoms with E-state index in [1.807, 2.05) is 24.4 Å². The predicted octanol–water partition coefficient (Wildman–Crippen LogP) is 2.29. The van der Waals surface area contributed by atoms with E-state index in [9.17, 15) is 4.79 Å². The number of anilines is 1. The third kappa shape index (κ3) is 3.17. The summed E-state index contributed by atoms with van der Waals surface area (Å²) in [6.07, 6.45) is 3.60. The van der Waals surface area contributed by atoms with E-state index in [4.69, 9.17) is 10.5 Å². The van der Waals surface area contributed by atoms with E-state index < -0.39 is 6.04 Å². The fourth-order valence-electron chi connectivity index (χ4n) is 2.78. The number of likely N-dealkylation sites (N-methyl/N-ethyl adjacent to an activating group) is 1. The lowest BCUT2D eigenvalue weighted by Crippen LogP contribution is -2.42. The highest BCUT2D eigenvalue weighted by atomic mass is 32.1. The highest BCUT2D eigenvalue weighted by Crippen LogP contribution is 2.28. The van der Waals surface area contributed by atoms with Crippen LogP contribution in [0.4, 0.5) is 5.13 Å². The van der Waals surface area contributed by atoms with Crippen LogP contribution in [-0.2, 0) is 4.79 Å². The van der Waals surface area contributed by atoms with Gasteiger partial charge in [-0.2, -0.15) is 10.5 Å². The van der Waals surface area contributed by atoms with Crippen molar-refractivity contribution in [2.24, 2.45) is 0 Å². The van der Waals surface area contributed by atoms with Gasteiger partial charge < -0.3 is 0 Å². The van der Waals surface area contributed by atoms with Crippen molar-refractivity contribution in [1.82, 2.24) is 14.9 Å². The summed E-state index contributed by atoms with van der Waals surface area (Å²) in [5.41, 5.74) is 2.41. The first-order valence-electron chi connectivity index (χ1n) is 7.82. The molecule has 1 saturated heterocycles. The predicted molar refractivity (Wildman–Crippen MR) is 93.5 cm³/mol. The number of rotatable bonds is 3. The Balaban J connectivity index is 1.83. The number of aromatic nitrogens is 2. The van der Waals surface area contributed by atoms with Crippen molar-refractivity contribution in [1.29, 1.82) is 10.5 Å². The van der Waals surface area contributed by atoms with Crippen LogP contribution in [0.2, 0.25) is 0 Å². The Labute approximate surface area is 149 Å². The van der Waals surface area contributed by atoms with E-state index >= 15 is 0 Å². The highest BCUT2D eigenvalue weighted by molar-refractivity contribution is 7.14. The molecule has 2 aromatic heterocycles. The highest BCUT2D eigenvalue weighted by Gasteiger charge is 2.33. The molecule has 3 heterocycles. The van der Waals surface area contributed by atoms with Crippen molar-refractivity contribution < 1.29 is 4.79 Å². The topological polar surface area (TPSA) is 96.9 Å². The van der Waals surface area contributed by atoms with Crippen LogP contribution in [0, 0.1) is 29.7 Å². The molecule has 0 spiro atoms. The maximum atomic E-state index is 12.6. The Morgan fingerprint density at radius 2 is 2.16 bits per heavy atom. The van der Waals surface area contributed by atoms with Gasteiger partial charge in [-0.1, -0.05) is 6.07 Å². The van der Waals surface area contributed by atoms with Gasteiger partial charge in [0.15, 0.2) is 11.3 Å². The minimum atomic E-state index is -0.412. The number of nitrogens with zero attached hydrogens (tertiary/aromatic N) is 6. The number of nitriles is 2. The molecule has 8 heteroatoms. The number of likely N-dealkylation sites (tertiary alicyclic amines) is 1. The number of pyridine rings is 1. The number of amides is 1. The lowest BCUT2D eigenvalue weighted by Gasteiger charge is -2.22. The number of hydrogen-bond donors (Lipinski definition) is 0. The Morgan fingerprint density at radius 3 is 2.88 bits per heavy atom. The maximum absolute atomic E-state index is 12.6. The van der Waals surface area contributed by atoms with Gasteiger partial charge in [0.1, 0.15) is 23.5 Å². The summed E-state index contributed by atoms with van der Waals surface area (Å²) in [5, 5.41) is 20.6. The van der Waals surface area contributed by atoms with Crippen LogP contribution in [0.3, 0.4) is 0 Å². The largest absolute Gasteiger partial charge is 0.298 e. The Morgan fingerprint density at radius 1 is 1.36 bits per heavy atom. The first-order valence-corrected chi connectivity index (χ1v) is 8.70. The Kier molecular flexibility index (Phi) is 4.64. The molecule has 0 aromatic carbocycles. The Bertz CT molecular complexity index is 893. The molecule has 0 aliphatic carbocycles. The van der Waals surface area contributed by atoms with E-state index in [2.05, 4.69) is 22.2 Å². The fourth-order valence-corrected chi connectivity index (χ4v) is 3.57. The second-order valence-electron chi connectivity index (χ2n) is 5.84. The average Bonchev–Trinajstić information content (AvgIpc) is 3.30. The number of carbonyl (C=O) groups excluding carboxylic acids is 1. The third-order valence-electron chi connectivity index (χ3n) is 4.24. The molecule has 0 bridgehead atoms. The molecule has 1 amide bonds. The summed E-state index contributed by atoms with van der Waals surface area (Å²) in [4.78, 5) is 24.5. The zero-order valence-corrected chi connectivity index (χ0v) is 14.7. The van der Waals surface area contributed by atoms with Gasteiger partial charge in [0.2, 0.25) is 0 Å². The first kappa shape index (κ1) is 16.9. The number of thiazole rings is 1. The molecule has 3 rings (SSSR count). The van der Waals surface area contributed by atoms with Gasteiger partial charge in [-0.25, -0.2) is 9.97 Å². The molecule has 0 unspecified atom stereocenters. The molecular weight excluding hydrogens is 336 g/mol. The minimum absolute atomic E-state index is 0.130. The maximum Gasteiger partial charge on any atom is 0.251 e. The quantitative estimate of drug-likeness (QED) is 0.786. The standard InChI is InChI=1S/C17H16N6OS/c1-11-5-6-12(20-13(11)8-18)14-9-25-17(21-14)22(2)16(24)15-4-3-7-23(15)10-19/h5-6,9,15H,3-4,7H2,1-2H3/t15-/m0/s1. The van der Waals surface area contributed by atoms with Gasteiger partial charge in [0.05, 0.1) is 5.69 Å². The van der Waals surface area contributed by atoms with E-state index in [-0.39, 0.29) is 5.91 Å². The molecule has 1 aliphatic heterocycles. The summed E-state index contributed by atoms with van der Waals surface area (Å²) < 4.78 is 0. The van der Waals surface area contributed by atoms with Gasteiger partial charge in [-0.05, 0) is 31.4 Å². The van der Waals surface area contributed by atoms with E-state index in [1.165, 1.54) is 21.1 Å². The van der Waals surface area contributed by atoms with Crippen LogP contribution in [0.15, 0.2) is 17.5 Å². The smallest absolute Gasteiger partial charge is 0.251 e. The molecular formula is C17H16N6OS.